The second kappa shape index (κ2) is 8.37. The van der Waals surface area contributed by atoms with Gasteiger partial charge in [-0.1, -0.05) is 44.2 Å². The third-order valence-corrected chi connectivity index (χ3v) is 5.32. The fourth-order valence-electron chi connectivity index (χ4n) is 3.89. The molecule has 1 atom stereocenters. The molecule has 1 aliphatic heterocycles. The smallest absolute Gasteiger partial charge is 0.227 e. The van der Waals surface area contributed by atoms with Crippen LogP contribution in [0.4, 0.5) is 5.69 Å². The third kappa shape index (κ3) is 4.33. The lowest BCUT2D eigenvalue weighted by Crippen LogP contribution is -2.40. The highest BCUT2D eigenvalue weighted by Gasteiger charge is 2.36. The van der Waals surface area contributed by atoms with Crippen molar-refractivity contribution in [3.8, 4) is 5.75 Å². The van der Waals surface area contributed by atoms with Gasteiger partial charge in [0.25, 0.3) is 0 Å². The van der Waals surface area contributed by atoms with Gasteiger partial charge in [-0.2, -0.15) is 0 Å². The molecule has 1 aromatic rings. The average molecular weight is 344 g/mol. The predicted octanol–water partition coefficient (Wildman–Crippen LogP) is 3.28. The Labute approximate surface area is 149 Å². The summed E-state index contributed by atoms with van der Waals surface area (Å²) in [4.78, 5) is 26.8. The molecule has 2 fully saturated rings. The summed E-state index contributed by atoms with van der Waals surface area (Å²) in [6.07, 6.45) is 8.59. The lowest BCUT2D eigenvalue weighted by atomic mass is 9.96. The van der Waals surface area contributed by atoms with E-state index in [0.29, 0.717) is 12.3 Å². The van der Waals surface area contributed by atoms with Crippen molar-refractivity contribution >= 4 is 17.5 Å². The van der Waals surface area contributed by atoms with Gasteiger partial charge in [-0.15, -0.1) is 0 Å². The molecule has 0 bridgehead atoms. The molecule has 25 heavy (non-hydrogen) atoms. The van der Waals surface area contributed by atoms with Crippen LogP contribution in [0.15, 0.2) is 24.3 Å². The van der Waals surface area contributed by atoms with E-state index in [4.69, 9.17) is 4.74 Å². The summed E-state index contributed by atoms with van der Waals surface area (Å²) in [7, 11) is 1.60. The summed E-state index contributed by atoms with van der Waals surface area (Å²) >= 11 is 0. The van der Waals surface area contributed by atoms with Crippen LogP contribution in [0.25, 0.3) is 0 Å². The zero-order chi connectivity index (χ0) is 17.6. The number of carbonyl (C=O) groups excluding carboxylic acids is 2. The quantitative estimate of drug-likeness (QED) is 0.912. The van der Waals surface area contributed by atoms with Crippen LogP contribution in [-0.2, 0) is 9.59 Å². The maximum Gasteiger partial charge on any atom is 0.227 e. The minimum Gasteiger partial charge on any atom is -0.495 e. The van der Waals surface area contributed by atoms with Gasteiger partial charge in [-0.05, 0) is 25.0 Å². The first-order chi connectivity index (χ1) is 12.2. The molecule has 1 saturated heterocycles. The summed E-state index contributed by atoms with van der Waals surface area (Å²) < 4.78 is 5.35. The van der Waals surface area contributed by atoms with E-state index in [0.717, 1.165) is 18.5 Å². The van der Waals surface area contributed by atoms with Crippen LogP contribution in [-0.4, -0.2) is 31.5 Å². The molecule has 1 heterocycles. The molecule has 136 valence electrons. The Kier molecular flexibility index (Phi) is 5.95. The van der Waals surface area contributed by atoms with Crippen LogP contribution in [0.2, 0.25) is 0 Å². The molecule has 0 unspecified atom stereocenters. The molecule has 0 spiro atoms. The molecule has 5 nitrogen and oxygen atoms in total. The lowest BCUT2D eigenvalue weighted by Gasteiger charge is -2.23. The minimum atomic E-state index is -0.275. The Hall–Kier alpha value is -2.04. The van der Waals surface area contributed by atoms with Crippen LogP contribution in [0, 0.1) is 5.92 Å². The number of benzene rings is 1. The monoisotopic (exact) mass is 344 g/mol. The second-order valence-electron chi connectivity index (χ2n) is 7.13. The van der Waals surface area contributed by atoms with Crippen molar-refractivity contribution in [3.63, 3.8) is 0 Å². The van der Waals surface area contributed by atoms with Gasteiger partial charge < -0.3 is 15.0 Å². The molecule has 5 heteroatoms. The lowest BCUT2D eigenvalue weighted by molar-refractivity contribution is -0.127. The van der Waals surface area contributed by atoms with E-state index < -0.39 is 0 Å². The zero-order valence-corrected chi connectivity index (χ0v) is 15.0. The van der Waals surface area contributed by atoms with Crippen molar-refractivity contribution in [1.82, 2.24) is 5.32 Å². The van der Waals surface area contributed by atoms with Crippen LogP contribution in [0.5, 0.6) is 5.75 Å². The Balaban J connectivity index is 1.62. The van der Waals surface area contributed by atoms with E-state index in [1.807, 2.05) is 24.3 Å². The first kappa shape index (κ1) is 17.8. The van der Waals surface area contributed by atoms with Crippen molar-refractivity contribution in [3.05, 3.63) is 24.3 Å². The number of carbonyl (C=O) groups is 2. The maximum absolute atomic E-state index is 12.7. The summed E-state index contributed by atoms with van der Waals surface area (Å²) in [5, 5.41) is 3.20. The zero-order valence-electron chi connectivity index (χ0n) is 15.0. The van der Waals surface area contributed by atoms with Gasteiger partial charge in [0.1, 0.15) is 5.75 Å². The highest BCUT2D eigenvalue weighted by molar-refractivity contribution is 6.01. The van der Waals surface area contributed by atoms with Crippen molar-refractivity contribution in [2.45, 2.75) is 57.4 Å². The van der Waals surface area contributed by atoms with Crippen LogP contribution in [0.3, 0.4) is 0 Å². The number of nitrogens with zero attached hydrogens (tertiary/aromatic N) is 1. The number of hydrogen-bond donors (Lipinski definition) is 1. The number of methoxy groups -OCH3 is 1. The number of para-hydroxylation sites is 2. The van der Waals surface area contributed by atoms with Gasteiger partial charge in [0.05, 0.1) is 18.7 Å². The number of ether oxygens (including phenoxy) is 1. The maximum atomic E-state index is 12.7. The highest BCUT2D eigenvalue weighted by Crippen LogP contribution is 2.33. The fourth-order valence-corrected chi connectivity index (χ4v) is 3.89. The molecular formula is C20H28N2O3. The number of amides is 2. The summed E-state index contributed by atoms with van der Waals surface area (Å²) in [6.45, 7) is 0.428. The molecule has 3 rings (SSSR count). The van der Waals surface area contributed by atoms with E-state index in [2.05, 4.69) is 5.32 Å². The normalized spacial score (nSPS) is 22.4. The van der Waals surface area contributed by atoms with Crippen LogP contribution in [0.1, 0.15) is 51.4 Å². The molecule has 2 amide bonds. The predicted molar refractivity (Wildman–Crippen MR) is 97.7 cm³/mol. The average Bonchev–Trinajstić information content (AvgIpc) is 2.99. The van der Waals surface area contributed by atoms with E-state index in [1.165, 1.54) is 32.1 Å². The molecule has 0 radical (unpaired) electrons. The van der Waals surface area contributed by atoms with Crippen LogP contribution >= 0.6 is 0 Å². The first-order valence-electron chi connectivity index (χ1n) is 9.43. The number of nitrogens with one attached hydrogen (secondary N) is 1. The Morgan fingerprint density at radius 2 is 1.80 bits per heavy atom. The van der Waals surface area contributed by atoms with Gasteiger partial charge in [-0.25, -0.2) is 0 Å². The molecule has 0 aromatic heterocycles. The summed E-state index contributed by atoms with van der Waals surface area (Å²) in [5.41, 5.74) is 0.747. The van der Waals surface area contributed by atoms with Gasteiger partial charge >= 0.3 is 0 Å². The molecule has 1 aliphatic carbocycles. The first-order valence-corrected chi connectivity index (χ1v) is 9.43. The Bertz CT molecular complexity index is 609. The standard InChI is InChI=1S/C20H28N2O3/c1-25-18-12-8-7-11-17(18)22-14-15(13-19(22)23)20(24)21-16-9-5-3-2-4-6-10-16/h7-8,11-12,15-16H,2-6,9-10,13-14H2,1H3,(H,21,24)/t15-/m0/s1. The van der Waals surface area contributed by atoms with E-state index >= 15 is 0 Å². The Morgan fingerprint density at radius 3 is 2.52 bits per heavy atom. The molecular weight excluding hydrogens is 316 g/mol. The Morgan fingerprint density at radius 1 is 1.12 bits per heavy atom. The fraction of sp³-hybridized carbons (Fsp3) is 0.600. The van der Waals surface area contributed by atoms with Gasteiger partial charge in [0, 0.05) is 19.0 Å². The van der Waals surface area contributed by atoms with Gasteiger partial charge in [0.2, 0.25) is 11.8 Å². The SMILES string of the molecule is COc1ccccc1N1C[C@@H](C(=O)NC2CCCCCCC2)CC1=O. The molecule has 2 aliphatic rings. The van der Waals surface area contributed by atoms with Crippen molar-refractivity contribution in [1.29, 1.82) is 0 Å². The van der Waals surface area contributed by atoms with Gasteiger partial charge in [0.15, 0.2) is 0 Å². The van der Waals surface area contributed by atoms with Crippen molar-refractivity contribution in [2.75, 3.05) is 18.6 Å². The third-order valence-electron chi connectivity index (χ3n) is 5.32. The number of hydrogen-bond acceptors (Lipinski definition) is 3. The molecule has 1 saturated carbocycles. The second-order valence-corrected chi connectivity index (χ2v) is 7.13. The van der Waals surface area contributed by atoms with E-state index in [-0.39, 0.29) is 30.2 Å². The number of anilines is 1. The highest BCUT2D eigenvalue weighted by atomic mass is 16.5. The number of rotatable bonds is 4. The largest absolute Gasteiger partial charge is 0.495 e. The molecule has 1 N–H and O–H groups in total. The summed E-state index contributed by atoms with van der Waals surface area (Å²) in [6, 6.07) is 7.73. The van der Waals surface area contributed by atoms with Gasteiger partial charge in [-0.3, -0.25) is 9.59 Å². The van der Waals surface area contributed by atoms with Crippen LogP contribution < -0.4 is 15.0 Å². The van der Waals surface area contributed by atoms with E-state index in [9.17, 15) is 9.59 Å². The van der Waals surface area contributed by atoms with Crippen molar-refractivity contribution in [2.24, 2.45) is 5.92 Å². The minimum absolute atomic E-state index is 0.0117. The van der Waals surface area contributed by atoms with Crippen molar-refractivity contribution < 1.29 is 14.3 Å². The summed E-state index contributed by atoms with van der Waals surface area (Å²) in [5.74, 6) is 0.401. The molecule has 1 aromatic carbocycles. The topological polar surface area (TPSA) is 58.6 Å². The van der Waals surface area contributed by atoms with E-state index in [1.54, 1.807) is 12.0 Å².